The third kappa shape index (κ3) is 8.34. The molecule has 5 amide bonds. The number of fused-ring (bicyclic) bond motifs is 2. The number of Topliss-reactive ketones (excluding diaryl/α,β-unsaturated/α-hetero) is 1. The summed E-state index contributed by atoms with van der Waals surface area (Å²) in [5, 5.41) is 12.7. The standard InChI is InChI=1S/C36H52N6O7S2/c1-11-13-14-22(28(43)31(45)37-16-12-2)38-30(44)27-26-21(36(26,9)10)18-42(27)32(46)29(35(6,7)8)40-33(47)39-25(34(3,4)5)20-41-19-23-24(15-17-50-23)51(41,48)49/h1,12,15,17,21-22,25-27,29H,2,13-14,16,18-20H2,3-10H3,(H,37,45)(H,38,44)(H2,39,40,47)/t21-,22?,25+,26?,27-,29+/m0/s1. The Labute approximate surface area is 305 Å². The molecule has 0 radical (unpaired) electrons. The van der Waals surface area contributed by atoms with Gasteiger partial charge in [-0.2, -0.15) is 4.31 Å². The van der Waals surface area contributed by atoms with Crippen LogP contribution in [-0.4, -0.2) is 91.0 Å². The molecule has 1 aliphatic carbocycles. The number of sulfonamides is 1. The minimum atomic E-state index is -3.70. The lowest BCUT2D eigenvalue weighted by atomic mass is 9.85. The van der Waals surface area contributed by atoms with Crippen LogP contribution in [0.2, 0.25) is 0 Å². The zero-order chi connectivity index (χ0) is 38.3. The third-order valence-corrected chi connectivity index (χ3v) is 13.3. The quantitative estimate of drug-likeness (QED) is 0.137. The molecule has 2 fully saturated rings. The van der Waals surface area contributed by atoms with Crippen LogP contribution in [0.5, 0.6) is 0 Å². The van der Waals surface area contributed by atoms with Crippen molar-refractivity contribution < 1.29 is 32.4 Å². The van der Waals surface area contributed by atoms with E-state index in [-0.39, 0.29) is 61.2 Å². The number of rotatable bonds is 13. The zero-order valence-electron chi connectivity index (χ0n) is 30.8. The van der Waals surface area contributed by atoms with Gasteiger partial charge in [0.25, 0.3) is 5.91 Å². The first-order valence-corrected chi connectivity index (χ1v) is 19.5. The van der Waals surface area contributed by atoms with E-state index in [0.29, 0.717) is 0 Å². The maximum atomic E-state index is 14.4. The monoisotopic (exact) mass is 744 g/mol. The van der Waals surface area contributed by atoms with Crippen molar-refractivity contribution in [2.75, 3.05) is 19.6 Å². The predicted octanol–water partition coefficient (Wildman–Crippen LogP) is 2.63. The number of piperidine rings is 1. The summed E-state index contributed by atoms with van der Waals surface area (Å²) < 4.78 is 27.8. The van der Waals surface area contributed by atoms with Crippen molar-refractivity contribution >= 4 is 50.9 Å². The molecule has 3 heterocycles. The number of terminal acetylenes is 1. The van der Waals surface area contributed by atoms with Crippen molar-refractivity contribution in [1.29, 1.82) is 0 Å². The number of nitrogens with one attached hydrogen (secondary N) is 4. The molecule has 6 atom stereocenters. The normalized spacial score (nSPS) is 23.4. The lowest BCUT2D eigenvalue weighted by Gasteiger charge is -2.39. The Kier molecular flexibility index (Phi) is 11.5. The molecule has 1 aromatic rings. The molecule has 13 nitrogen and oxygen atoms in total. The first-order valence-electron chi connectivity index (χ1n) is 17.2. The Bertz CT molecular complexity index is 1720. The van der Waals surface area contributed by atoms with Crippen molar-refractivity contribution in [1.82, 2.24) is 30.5 Å². The van der Waals surface area contributed by atoms with Crippen LogP contribution >= 0.6 is 11.3 Å². The van der Waals surface area contributed by atoms with E-state index in [1.807, 2.05) is 34.6 Å². The molecular formula is C36H52N6O7S2. The number of hydrogen-bond donors (Lipinski definition) is 4. The Hall–Kier alpha value is -3.74. The van der Waals surface area contributed by atoms with E-state index >= 15 is 0 Å². The zero-order valence-corrected chi connectivity index (χ0v) is 32.4. The third-order valence-electron chi connectivity index (χ3n) is 10.4. The molecule has 280 valence electrons. The number of carbonyl (C=O) groups is 5. The number of thiophene rings is 1. The molecule has 1 saturated carbocycles. The first-order chi connectivity index (χ1) is 23.6. The maximum Gasteiger partial charge on any atom is 0.315 e. The van der Waals surface area contributed by atoms with Gasteiger partial charge in [-0.3, -0.25) is 19.2 Å². The molecule has 0 spiro atoms. The van der Waals surface area contributed by atoms with Gasteiger partial charge in [-0.05, 0) is 45.9 Å². The lowest BCUT2D eigenvalue weighted by molar-refractivity contribution is -0.145. The van der Waals surface area contributed by atoms with Crippen LogP contribution in [0.1, 0.15) is 73.1 Å². The summed E-state index contributed by atoms with van der Waals surface area (Å²) in [6, 6.07) is -2.89. The number of amides is 5. The summed E-state index contributed by atoms with van der Waals surface area (Å²) in [5.41, 5.74) is -1.60. The fraction of sp³-hybridized carbons (Fsp3) is 0.639. The first kappa shape index (κ1) is 40.0. The van der Waals surface area contributed by atoms with Gasteiger partial charge in [0.1, 0.15) is 12.1 Å². The highest BCUT2D eigenvalue weighted by Gasteiger charge is 2.70. The predicted molar refractivity (Wildman–Crippen MR) is 195 cm³/mol. The van der Waals surface area contributed by atoms with Crippen LogP contribution in [0, 0.1) is 40.4 Å². The number of carbonyl (C=O) groups excluding carboxylic acids is 5. The molecule has 4 N–H and O–H groups in total. The Morgan fingerprint density at radius 3 is 2.33 bits per heavy atom. The topological polar surface area (TPSA) is 174 Å². The number of ketones is 1. The summed E-state index contributed by atoms with van der Waals surface area (Å²) in [5.74, 6) is -0.511. The van der Waals surface area contributed by atoms with Crippen LogP contribution in [0.25, 0.3) is 0 Å². The van der Waals surface area contributed by atoms with Gasteiger partial charge in [-0.25, -0.2) is 13.2 Å². The Morgan fingerprint density at radius 2 is 1.76 bits per heavy atom. The smallest absolute Gasteiger partial charge is 0.315 e. The van der Waals surface area contributed by atoms with Crippen LogP contribution in [-0.2, 0) is 35.7 Å². The highest BCUT2D eigenvalue weighted by molar-refractivity contribution is 7.89. The van der Waals surface area contributed by atoms with Gasteiger partial charge in [0.2, 0.25) is 27.6 Å². The molecule has 51 heavy (non-hydrogen) atoms. The van der Waals surface area contributed by atoms with E-state index in [0.717, 1.165) is 4.88 Å². The largest absolute Gasteiger partial charge is 0.346 e. The minimum absolute atomic E-state index is 0.0123. The van der Waals surface area contributed by atoms with E-state index in [1.54, 1.807) is 32.2 Å². The number of urea groups is 1. The Balaban J connectivity index is 1.53. The Morgan fingerprint density at radius 1 is 1.10 bits per heavy atom. The number of hydrogen-bond acceptors (Lipinski definition) is 8. The van der Waals surface area contributed by atoms with Gasteiger partial charge in [-0.1, -0.05) is 61.5 Å². The molecule has 3 aliphatic rings. The summed E-state index contributed by atoms with van der Waals surface area (Å²) in [7, 11) is -3.70. The van der Waals surface area contributed by atoms with Crippen LogP contribution < -0.4 is 21.3 Å². The van der Waals surface area contributed by atoms with E-state index in [1.165, 1.54) is 26.6 Å². The van der Waals surface area contributed by atoms with E-state index < -0.39 is 74.6 Å². The van der Waals surface area contributed by atoms with Crippen molar-refractivity contribution in [3.05, 3.63) is 29.0 Å². The molecule has 15 heteroatoms. The van der Waals surface area contributed by atoms with Crippen molar-refractivity contribution in [2.24, 2.45) is 28.1 Å². The number of likely N-dealkylation sites (tertiary alicyclic amines) is 1. The highest BCUT2D eigenvalue weighted by Crippen LogP contribution is 2.65. The van der Waals surface area contributed by atoms with Crippen LogP contribution in [0.15, 0.2) is 29.0 Å². The van der Waals surface area contributed by atoms with Crippen LogP contribution in [0.4, 0.5) is 4.79 Å². The minimum Gasteiger partial charge on any atom is -0.346 e. The summed E-state index contributed by atoms with van der Waals surface area (Å²) in [6.07, 6.45) is 7.04. The average molecular weight is 745 g/mol. The maximum absolute atomic E-state index is 14.4. The lowest BCUT2D eigenvalue weighted by Crippen LogP contribution is -2.62. The second-order valence-corrected chi connectivity index (χ2v) is 19.3. The van der Waals surface area contributed by atoms with Gasteiger partial charge < -0.3 is 26.2 Å². The summed E-state index contributed by atoms with van der Waals surface area (Å²) in [6.45, 7) is 19.3. The van der Waals surface area contributed by atoms with Gasteiger partial charge in [0, 0.05) is 43.5 Å². The van der Waals surface area contributed by atoms with Crippen LogP contribution in [0.3, 0.4) is 0 Å². The van der Waals surface area contributed by atoms with Gasteiger partial charge in [-0.15, -0.1) is 30.3 Å². The fourth-order valence-electron chi connectivity index (χ4n) is 7.08. The summed E-state index contributed by atoms with van der Waals surface area (Å²) in [4.78, 5) is 70.2. The van der Waals surface area contributed by atoms with E-state index in [4.69, 9.17) is 6.42 Å². The van der Waals surface area contributed by atoms with Gasteiger partial charge in [0.05, 0.1) is 10.9 Å². The van der Waals surface area contributed by atoms with Crippen molar-refractivity contribution in [3.8, 4) is 12.3 Å². The molecule has 2 unspecified atom stereocenters. The van der Waals surface area contributed by atoms with E-state index in [9.17, 15) is 32.4 Å². The molecular weight excluding hydrogens is 693 g/mol. The fourth-order valence-corrected chi connectivity index (χ4v) is 10.0. The van der Waals surface area contributed by atoms with Gasteiger partial charge >= 0.3 is 6.03 Å². The highest BCUT2D eigenvalue weighted by atomic mass is 32.2. The van der Waals surface area contributed by atoms with Gasteiger partial charge in [0.15, 0.2) is 0 Å². The van der Waals surface area contributed by atoms with Crippen molar-refractivity contribution in [3.63, 3.8) is 0 Å². The molecule has 2 aliphatic heterocycles. The van der Waals surface area contributed by atoms with Crippen molar-refractivity contribution in [2.45, 2.75) is 104 Å². The second kappa shape index (κ2) is 14.7. The SMILES string of the molecule is C#CCCC(NC(=O)[C@@H]1C2[C@H](CN1C(=O)[C@@H](NC(=O)N[C@H](CN1Cc3sccc3S1(=O)=O)C(C)(C)C)C(C)(C)C)C2(C)C)C(=O)C(=O)NCC=C. The second-order valence-electron chi connectivity index (χ2n) is 16.4. The molecule has 0 bridgehead atoms. The van der Waals surface area contributed by atoms with E-state index in [2.05, 4.69) is 33.8 Å². The number of nitrogens with zero attached hydrogens (tertiary/aromatic N) is 2. The molecule has 1 aromatic heterocycles. The summed E-state index contributed by atoms with van der Waals surface area (Å²) >= 11 is 1.37. The molecule has 1 saturated heterocycles. The average Bonchev–Trinajstić information content (AvgIpc) is 3.48. The molecule has 0 aromatic carbocycles. The molecule has 4 rings (SSSR count).